The van der Waals surface area contributed by atoms with E-state index in [1.54, 1.807) is 0 Å². The quantitative estimate of drug-likeness (QED) is 0.415. The number of pyridine rings is 1. The molecular weight excluding hydrogens is 300 g/mol. The first-order valence-corrected chi connectivity index (χ1v) is 8.21. The highest BCUT2D eigenvalue weighted by Gasteiger charge is 2.03. The van der Waals surface area contributed by atoms with Crippen molar-refractivity contribution in [3.8, 4) is 0 Å². The molecular formula is C18H22N6. The highest BCUT2D eigenvalue weighted by atomic mass is 15.2. The standard InChI is InChI=1S/C18H22N6/c1-2-14-8-10-15(11-9-14)21-18(19)20-12-5-7-17-23-22-16-6-3-4-13-24(16)17/h3-4,6,8-11,13H,2,5,7,12H2,1H3,(H3,19,20,21). The molecule has 0 spiro atoms. The lowest BCUT2D eigenvalue weighted by Crippen LogP contribution is -2.22. The van der Waals surface area contributed by atoms with Crippen LogP contribution in [-0.4, -0.2) is 27.1 Å². The molecule has 0 fully saturated rings. The minimum Gasteiger partial charge on any atom is -0.370 e. The summed E-state index contributed by atoms with van der Waals surface area (Å²) in [6, 6.07) is 14.1. The van der Waals surface area contributed by atoms with E-state index in [1.807, 2.05) is 40.9 Å². The van der Waals surface area contributed by atoms with Gasteiger partial charge in [-0.3, -0.25) is 9.39 Å². The topological polar surface area (TPSA) is 80.6 Å². The minimum atomic E-state index is 0.436. The number of aromatic nitrogens is 3. The van der Waals surface area contributed by atoms with E-state index in [4.69, 9.17) is 5.73 Å². The van der Waals surface area contributed by atoms with E-state index in [-0.39, 0.29) is 0 Å². The van der Waals surface area contributed by atoms with Gasteiger partial charge in [0.25, 0.3) is 0 Å². The molecule has 0 aliphatic heterocycles. The molecule has 6 nitrogen and oxygen atoms in total. The zero-order valence-electron chi connectivity index (χ0n) is 13.8. The summed E-state index contributed by atoms with van der Waals surface area (Å²) in [4.78, 5) is 4.37. The molecule has 3 rings (SSSR count). The maximum absolute atomic E-state index is 5.93. The van der Waals surface area contributed by atoms with Crippen LogP contribution in [0.25, 0.3) is 5.65 Å². The van der Waals surface area contributed by atoms with Crippen LogP contribution in [0, 0.1) is 0 Å². The van der Waals surface area contributed by atoms with Gasteiger partial charge in [0.15, 0.2) is 11.6 Å². The molecule has 2 aromatic heterocycles. The number of guanidine groups is 1. The van der Waals surface area contributed by atoms with Crippen molar-refractivity contribution in [1.29, 1.82) is 0 Å². The van der Waals surface area contributed by atoms with Gasteiger partial charge in [0.2, 0.25) is 0 Å². The highest BCUT2D eigenvalue weighted by Crippen LogP contribution is 2.09. The Hall–Kier alpha value is -2.89. The number of anilines is 1. The Labute approximate surface area is 141 Å². The number of rotatable bonds is 6. The highest BCUT2D eigenvalue weighted by molar-refractivity contribution is 5.92. The van der Waals surface area contributed by atoms with E-state index >= 15 is 0 Å². The average molecular weight is 322 g/mol. The number of hydrogen-bond donors (Lipinski definition) is 2. The summed E-state index contributed by atoms with van der Waals surface area (Å²) in [5.41, 5.74) is 9.06. The van der Waals surface area contributed by atoms with Crippen molar-refractivity contribution in [2.24, 2.45) is 10.7 Å². The summed E-state index contributed by atoms with van der Waals surface area (Å²) in [7, 11) is 0. The van der Waals surface area contributed by atoms with Gasteiger partial charge in [-0.05, 0) is 42.7 Å². The zero-order valence-corrected chi connectivity index (χ0v) is 13.8. The van der Waals surface area contributed by atoms with E-state index in [0.717, 1.165) is 36.4 Å². The molecule has 0 radical (unpaired) electrons. The van der Waals surface area contributed by atoms with Gasteiger partial charge >= 0.3 is 0 Å². The minimum absolute atomic E-state index is 0.436. The second-order valence-electron chi connectivity index (χ2n) is 5.59. The molecule has 1 aromatic carbocycles. The van der Waals surface area contributed by atoms with Crippen molar-refractivity contribution < 1.29 is 0 Å². The summed E-state index contributed by atoms with van der Waals surface area (Å²) in [5.74, 6) is 1.38. The fourth-order valence-corrected chi connectivity index (χ4v) is 2.51. The Bertz CT molecular complexity index is 819. The van der Waals surface area contributed by atoms with Crippen LogP contribution in [0.3, 0.4) is 0 Å². The molecule has 6 heteroatoms. The SMILES string of the molecule is CCc1ccc(NC(N)=NCCCc2nnc3ccccn23)cc1. The molecule has 0 amide bonds. The molecule has 0 saturated heterocycles. The summed E-state index contributed by atoms with van der Waals surface area (Å²) >= 11 is 0. The van der Waals surface area contributed by atoms with Crippen molar-refractivity contribution in [2.75, 3.05) is 11.9 Å². The van der Waals surface area contributed by atoms with Gasteiger partial charge in [-0.25, -0.2) is 0 Å². The number of nitrogens with one attached hydrogen (secondary N) is 1. The van der Waals surface area contributed by atoms with Crippen LogP contribution in [-0.2, 0) is 12.8 Å². The van der Waals surface area contributed by atoms with E-state index in [1.165, 1.54) is 5.56 Å². The first-order valence-electron chi connectivity index (χ1n) is 8.21. The largest absolute Gasteiger partial charge is 0.370 e. The summed E-state index contributed by atoms with van der Waals surface area (Å²) in [5, 5.41) is 11.5. The number of aryl methyl sites for hydroxylation is 2. The van der Waals surface area contributed by atoms with E-state index in [0.29, 0.717) is 12.5 Å². The Morgan fingerprint density at radius 1 is 1.17 bits per heavy atom. The van der Waals surface area contributed by atoms with Crippen molar-refractivity contribution >= 4 is 17.3 Å². The van der Waals surface area contributed by atoms with E-state index in [2.05, 4.69) is 39.6 Å². The molecule has 24 heavy (non-hydrogen) atoms. The maximum Gasteiger partial charge on any atom is 0.193 e. The lowest BCUT2D eigenvalue weighted by Gasteiger charge is -2.06. The van der Waals surface area contributed by atoms with Crippen LogP contribution >= 0.6 is 0 Å². The number of aliphatic imine (C=N–C) groups is 1. The van der Waals surface area contributed by atoms with Crippen molar-refractivity contribution in [3.63, 3.8) is 0 Å². The molecule has 0 atom stereocenters. The molecule has 3 N–H and O–H groups in total. The molecule has 124 valence electrons. The van der Waals surface area contributed by atoms with Gasteiger partial charge in [-0.15, -0.1) is 10.2 Å². The first kappa shape index (κ1) is 16.0. The summed E-state index contributed by atoms with van der Waals surface area (Å²) in [6.45, 7) is 2.78. The summed E-state index contributed by atoms with van der Waals surface area (Å²) < 4.78 is 2.00. The smallest absolute Gasteiger partial charge is 0.193 e. The molecule has 0 aliphatic carbocycles. The number of nitrogens with two attached hydrogens (primary N) is 1. The van der Waals surface area contributed by atoms with Crippen LogP contribution in [0.5, 0.6) is 0 Å². The van der Waals surface area contributed by atoms with Gasteiger partial charge in [-0.2, -0.15) is 0 Å². The van der Waals surface area contributed by atoms with Crippen LogP contribution < -0.4 is 11.1 Å². The Morgan fingerprint density at radius 2 is 2.00 bits per heavy atom. The van der Waals surface area contributed by atoms with Crippen molar-refractivity contribution in [3.05, 3.63) is 60.0 Å². The van der Waals surface area contributed by atoms with Crippen molar-refractivity contribution in [1.82, 2.24) is 14.6 Å². The molecule has 0 bridgehead atoms. The molecule has 3 aromatic rings. The number of fused-ring (bicyclic) bond motifs is 1. The molecule has 0 unspecified atom stereocenters. The third-order valence-electron chi connectivity index (χ3n) is 3.86. The average Bonchev–Trinajstić information content (AvgIpc) is 3.03. The lowest BCUT2D eigenvalue weighted by atomic mass is 10.1. The van der Waals surface area contributed by atoms with Gasteiger partial charge < -0.3 is 11.1 Å². The van der Waals surface area contributed by atoms with Gasteiger partial charge in [-0.1, -0.05) is 25.1 Å². The second kappa shape index (κ2) is 7.59. The zero-order chi connectivity index (χ0) is 16.8. The van der Waals surface area contributed by atoms with E-state index in [9.17, 15) is 0 Å². The van der Waals surface area contributed by atoms with Gasteiger partial charge in [0.05, 0.1) is 0 Å². The van der Waals surface area contributed by atoms with Gasteiger partial charge in [0.1, 0.15) is 5.82 Å². The normalized spacial score (nSPS) is 11.8. The third-order valence-corrected chi connectivity index (χ3v) is 3.86. The van der Waals surface area contributed by atoms with Crippen LogP contribution in [0.15, 0.2) is 53.7 Å². The molecule has 0 saturated carbocycles. The van der Waals surface area contributed by atoms with Crippen LogP contribution in [0.2, 0.25) is 0 Å². The van der Waals surface area contributed by atoms with Crippen LogP contribution in [0.4, 0.5) is 5.69 Å². The number of nitrogens with zero attached hydrogens (tertiary/aromatic N) is 4. The number of benzene rings is 1. The monoisotopic (exact) mass is 322 g/mol. The fraction of sp³-hybridized carbons (Fsp3) is 0.278. The Kier molecular flexibility index (Phi) is 5.05. The fourth-order valence-electron chi connectivity index (χ4n) is 2.51. The Balaban J connectivity index is 1.50. The molecule has 2 heterocycles. The van der Waals surface area contributed by atoms with Crippen LogP contribution in [0.1, 0.15) is 24.7 Å². The van der Waals surface area contributed by atoms with Crippen molar-refractivity contribution in [2.45, 2.75) is 26.2 Å². The lowest BCUT2D eigenvalue weighted by molar-refractivity contribution is 0.770. The third kappa shape index (κ3) is 3.90. The maximum atomic E-state index is 5.93. The predicted molar refractivity (Wildman–Crippen MR) is 97.2 cm³/mol. The first-order chi connectivity index (χ1) is 11.8. The second-order valence-corrected chi connectivity index (χ2v) is 5.59. The molecule has 0 aliphatic rings. The van der Waals surface area contributed by atoms with Gasteiger partial charge in [0, 0.05) is 24.8 Å². The number of hydrogen-bond acceptors (Lipinski definition) is 3. The predicted octanol–water partition coefficient (Wildman–Crippen LogP) is 2.65. The Morgan fingerprint density at radius 3 is 2.79 bits per heavy atom. The van der Waals surface area contributed by atoms with E-state index < -0.39 is 0 Å². The summed E-state index contributed by atoms with van der Waals surface area (Å²) in [6.07, 6.45) is 4.69.